The molecule has 0 spiro atoms. The Hall–Kier alpha value is -1.78. The van der Waals surface area contributed by atoms with Crippen molar-refractivity contribution in [2.24, 2.45) is 5.41 Å². The highest BCUT2D eigenvalue weighted by molar-refractivity contribution is 6.50. The van der Waals surface area contributed by atoms with Gasteiger partial charge in [-0.1, -0.05) is 64.1 Å². The molecule has 0 aromatic heterocycles. The molecule has 1 unspecified atom stereocenters. The molecule has 0 amide bonds. The summed E-state index contributed by atoms with van der Waals surface area (Å²) in [5.74, 6) is 0.909. The third kappa shape index (κ3) is 3.86. The summed E-state index contributed by atoms with van der Waals surface area (Å²) in [6.07, 6.45) is 5.77. The first kappa shape index (κ1) is 25.9. The summed E-state index contributed by atoms with van der Waals surface area (Å²) < 4.78 is 18.9. The standard InChI is InChI=1S/C32H45BO3/c1-27(2,3)24-12-14-25(15-13-24)31-20-32(21-31,22-31)30(8,33-35-28(4,5)29(6,7)36-33)19-18-23-10-16-26(34-9)17-11-23/h10-17H,18-22H2,1-9H3. The van der Waals surface area contributed by atoms with Gasteiger partial charge in [-0.3, -0.25) is 0 Å². The SMILES string of the molecule is COc1ccc(CCC(C)(B2OC(C)(C)C(C)(C)O2)C23CC(c4ccc(C(C)(C)C)cc4)(C2)C3)cc1. The topological polar surface area (TPSA) is 27.7 Å². The normalized spacial score (nSPS) is 29.8. The van der Waals surface area contributed by atoms with Gasteiger partial charge in [0.15, 0.2) is 0 Å². The maximum atomic E-state index is 6.75. The third-order valence-corrected chi connectivity index (χ3v) is 10.5. The summed E-state index contributed by atoms with van der Waals surface area (Å²) >= 11 is 0. The largest absolute Gasteiger partial charge is 0.497 e. The zero-order valence-electron chi connectivity index (χ0n) is 24.0. The zero-order valence-corrected chi connectivity index (χ0v) is 24.0. The molecule has 0 radical (unpaired) electrons. The molecule has 3 aliphatic carbocycles. The molecular formula is C32H45BO3. The first-order valence-corrected chi connectivity index (χ1v) is 13.8. The van der Waals surface area contributed by atoms with Crippen LogP contribution in [0.3, 0.4) is 0 Å². The van der Waals surface area contributed by atoms with Gasteiger partial charge in [-0.15, -0.1) is 0 Å². The number of hydrogen-bond acceptors (Lipinski definition) is 3. The Kier molecular flexibility index (Phi) is 5.82. The number of benzene rings is 2. The van der Waals surface area contributed by atoms with E-state index in [0.717, 1.165) is 18.6 Å². The van der Waals surface area contributed by atoms with Gasteiger partial charge in [0.2, 0.25) is 0 Å². The molecule has 1 heterocycles. The summed E-state index contributed by atoms with van der Waals surface area (Å²) in [5, 5.41) is -0.0505. The first-order valence-electron chi connectivity index (χ1n) is 13.8. The van der Waals surface area contributed by atoms with Crippen LogP contribution in [0, 0.1) is 5.41 Å². The molecule has 3 saturated carbocycles. The van der Waals surface area contributed by atoms with Gasteiger partial charge in [0.25, 0.3) is 0 Å². The van der Waals surface area contributed by atoms with Crippen LogP contribution in [0.5, 0.6) is 5.75 Å². The van der Waals surface area contributed by atoms with Crippen LogP contribution in [0.4, 0.5) is 0 Å². The van der Waals surface area contributed by atoms with Gasteiger partial charge in [-0.25, -0.2) is 0 Å². The molecule has 1 saturated heterocycles. The number of methoxy groups -OCH3 is 1. The fourth-order valence-electron chi connectivity index (χ4n) is 6.96. The maximum absolute atomic E-state index is 6.75. The first-order chi connectivity index (χ1) is 16.7. The van der Waals surface area contributed by atoms with E-state index in [2.05, 4.69) is 104 Å². The van der Waals surface area contributed by atoms with Crippen LogP contribution >= 0.6 is 0 Å². The van der Waals surface area contributed by atoms with Gasteiger partial charge < -0.3 is 14.0 Å². The van der Waals surface area contributed by atoms with E-state index in [1.807, 2.05) is 0 Å². The van der Waals surface area contributed by atoms with Gasteiger partial charge in [0.05, 0.1) is 18.3 Å². The third-order valence-electron chi connectivity index (χ3n) is 10.5. The second-order valence-electron chi connectivity index (χ2n) is 14.3. The van der Waals surface area contributed by atoms with Crippen LogP contribution < -0.4 is 4.74 Å². The van der Waals surface area contributed by atoms with Crippen molar-refractivity contribution < 1.29 is 14.0 Å². The van der Waals surface area contributed by atoms with Crippen molar-refractivity contribution in [3.63, 3.8) is 0 Å². The molecule has 2 bridgehead atoms. The highest BCUT2D eigenvalue weighted by atomic mass is 16.7. The van der Waals surface area contributed by atoms with Gasteiger partial charge in [-0.2, -0.15) is 0 Å². The molecule has 4 aliphatic rings. The average molecular weight is 489 g/mol. The van der Waals surface area contributed by atoms with Crippen molar-refractivity contribution in [3.8, 4) is 5.75 Å². The fourth-order valence-corrected chi connectivity index (χ4v) is 6.96. The molecular weight excluding hydrogens is 443 g/mol. The Morgan fingerprint density at radius 3 is 1.81 bits per heavy atom. The van der Waals surface area contributed by atoms with Crippen LogP contribution in [0.1, 0.15) is 97.8 Å². The van der Waals surface area contributed by atoms with Crippen molar-refractivity contribution in [1.82, 2.24) is 0 Å². The smallest absolute Gasteiger partial charge is 0.464 e. The van der Waals surface area contributed by atoms with Crippen molar-refractivity contribution in [2.75, 3.05) is 7.11 Å². The lowest BCUT2D eigenvalue weighted by molar-refractivity contribution is -0.178. The van der Waals surface area contributed by atoms with E-state index in [4.69, 9.17) is 14.0 Å². The number of ether oxygens (including phenoxy) is 1. The van der Waals surface area contributed by atoms with Gasteiger partial charge in [0, 0.05) is 5.31 Å². The predicted octanol–water partition coefficient (Wildman–Crippen LogP) is 7.90. The highest BCUT2D eigenvalue weighted by Crippen LogP contribution is 2.83. The molecule has 4 fully saturated rings. The maximum Gasteiger partial charge on any atom is 0.464 e. The summed E-state index contributed by atoms with van der Waals surface area (Å²) in [4.78, 5) is 0. The number of rotatable bonds is 7. The van der Waals surface area contributed by atoms with Gasteiger partial charge >= 0.3 is 7.12 Å². The molecule has 1 atom stereocenters. The van der Waals surface area contributed by atoms with Crippen LogP contribution in [-0.4, -0.2) is 25.4 Å². The van der Waals surface area contributed by atoms with Crippen molar-refractivity contribution in [1.29, 1.82) is 0 Å². The van der Waals surface area contributed by atoms with Crippen LogP contribution in [0.2, 0.25) is 5.31 Å². The lowest BCUT2D eigenvalue weighted by atomic mass is 9.22. The summed E-state index contributed by atoms with van der Waals surface area (Å²) in [7, 11) is 1.53. The van der Waals surface area contributed by atoms with E-state index in [-0.39, 0.29) is 34.5 Å². The fraction of sp³-hybridized carbons (Fsp3) is 0.625. The number of aryl methyl sites for hydroxylation is 1. The van der Waals surface area contributed by atoms with E-state index in [1.165, 1.54) is 36.0 Å². The number of hydrogen-bond donors (Lipinski definition) is 0. The molecule has 194 valence electrons. The molecule has 1 aliphatic heterocycles. The molecule has 0 N–H and O–H groups in total. The van der Waals surface area contributed by atoms with Crippen LogP contribution in [0.25, 0.3) is 0 Å². The molecule has 2 aromatic carbocycles. The quantitative estimate of drug-likeness (QED) is 0.371. The minimum atomic E-state index is -0.316. The lowest BCUT2D eigenvalue weighted by Crippen LogP contribution is -2.71. The van der Waals surface area contributed by atoms with E-state index in [0.29, 0.717) is 5.41 Å². The van der Waals surface area contributed by atoms with Crippen molar-refractivity contribution >= 4 is 7.12 Å². The molecule has 3 nitrogen and oxygen atoms in total. The molecule has 36 heavy (non-hydrogen) atoms. The monoisotopic (exact) mass is 488 g/mol. The summed E-state index contributed by atoms with van der Waals surface area (Å²) in [6, 6.07) is 18.0. The lowest BCUT2D eigenvalue weighted by Gasteiger charge is -2.77. The zero-order chi connectivity index (χ0) is 26.2. The van der Waals surface area contributed by atoms with Crippen LogP contribution in [-0.2, 0) is 26.6 Å². The van der Waals surface area contributed by atoms with E-state index in [9.17, 15) is 0 Å². The van der Waals surface area contributed by atoms with Gasteiger partial charge in [-0.05, 0) is 105 Å². The summed E-state index contributed by atoms with van der Waals surface area (Å²) in [6.45, 7) is 18.0. The predicted molar refractivity (Wildman–Crippen MR) is 149 cm³/mol. The molecule has 6 rings (SSSR count). The van der Waals surface area contributed by atoms with Gasteiger partial charge in [0.1, 0.15) is 5.75 Å². The van der Waals surface area contributed by atoms with Crippen LogP contribution in [0.15, 0.2) is 48.5 Å². The Balaban J connectivity index is 1.38. The summed E-state index contributed by atoms with van der Waals surface area (Å²) in [5.41, 5.74) is 4.43. The van der Waals surface area contributed by atoms with E-state index < -0.39 is 0 Å². The Morgan fingerprint density at radius 2 is 1.33 bits per heavy atom. The van der Waals surface area contributed by atoms with E-state index in [1.54, 1.807) is 7.11 Å². The van der Waals surface area contributed by atoms with Crippen molar-refractivity contribution in [3.05, 3.63) is 65.2 Å². The minimum Gasteiger partial charge on any atom is -0.497 e. The molecule has 2 aromatic rings. The van der Waals surface area contributed by atoms with Crippen molar-refractivity contribution in [2.45, 2.75) is 115 Å². The highest BCUT2D eigenvalue weighted by Gasteiger charge is 2.77. The Labute approximate surface area is 219 Å². The second kappa shape index (κ2) is 8.11. The minimum absolute atomic E-state index is 0.0505. The van der Waals surface area contributed by atoms with E-state index >= 15 is 0 Å². The Bertz CT molecular complexity index is 1070. The average Bonchev–Trinajstić information content (AvgIpc) is 2.98. The Morgan fingerprint density at radius 1 is 0.806 bits per heavy atom. The second-order valence-corrected chi connectivity index (χ2v) is 14.3. The molecule has 4 heteroatoms.